The summed E-state index contributed by atoms with van der Waals surface area (Å²) >= 11 is 0. The molecule has 0 saturated heterocycles. The number of esters is 1. The van der Waals surface area contributed by atoms with Crippen LogP contribution in [0.1, 0.15) is 337 Å². The number of ether oxygens (including phenoxy) is 1. The van der Waals surface area contributed by atoms with Crippen LogP contribution in [0.25, 0.3) is 22.1 Å². The lowest BCUT2D eigenvalue weighted by molar-refractivity contribution is -0.139. The zero-order chi connectivity index (χ0) is 66.5. The van der Waals surface area contributed by atoms with Gasteiger partial charge in [-0.25, -0.2) is 0 Å². The number of hydrogen-bond donors (Lipinski definition) is 6. The van der Waals surface area contributed by atoms with Crippen molar-refractivity contribution >= 4 is 57.4 Å². The highest BCUT2D eigenvalue weighted by molar-refractivity contribution is 6.06. The van der Waals surface area contributed by atoms with E-state index in [1.165, 1.54) is 123 Å². The molecule has 5 rings (SSSR count). The Labute approximate surface area is 553 Å². The number of fused-ring (bicyclic) bond motifs is 8. The second-order valence-electron chi connectivity index (χ2n) is 26.4. The molecule has 0 radical (unpaired) electrons. The summed E-state index contributed by atoms with van der Waals surface area (Å²) in [7, 11) is 1.34. The van der Waals surface area contributed by atoms with Crippen LogP contribution in [0.4, 0.5) is 0 Å². The Morgan fingerprint density at radius 3 is 1.41 bits per heavy atom. The zero-order valence-electron chi connectivity index (χ0n) is 58.5. The molecule has 0 saturated carbocycles. The van der Waals surface area contributed by atoms with Gasteiger partial charge in [0.1, 0.15) is 0 Å². The number of rotatable bonds is 46. The van der Waals surface area contributed by atoms with Gasteiger partial charge in [0.05, 0.1) is 35.8 Å². The SMILES string of the molecule is CCCCCCCC/C=C\CCCCCCCC(=O)NCCCNC(=O)CC[C@@H]1c2nc(cc3[nH]c(cc4nc(cc5[nH]c(c2CC(=O)OC)c(C(=O)NCCCNC(=O)CCCCCCC/C=C\CCCCCCCC)c5C)[C@H](CC)[C@H]4C)c(C(C)=O)c3C)[C@H]1C. The van der Waals surface area contributed by atoms with Gasteiger partial charge in [-0.1, -0.05) is 162 Å². The third-order valence-corrected chi connectivity index (χ3v) is 19.0. The number of carbonyl (C=O) groups excluding carboxylic acids is 6. The van der Waals surface area contributed by atoms with Crippen molar-refractivity contribution in [2.75, 3.05) is 33.3 Å². The summed E-state index contributed by atoms with van der Waals surface area (Å²) < 4.78 is 5.37. The molecule has 15 nitrogen and oxygen atoms in total. The van der Waals surface area contributed by atoms with E-state index in [9.17, 15) is 28.8 Å². The molecule has 0 aliphatic carbocycles. The predicted octanol–water partition coefficient (Wildman–Crippen LogP) is 17.7. The Hall–Kier alpha value is -6.38. The number of methoxy groups -OCH3 is 1. The topological polar surface area (TPSA) is 217 Å². The highest BCUT2D eigenvalue weighted by Crippen LogP contribution is 2.44. The molecule has 0 fully saturated rings. The van der Waals surface area contributed by atoms with Gasteiger partial charge in [0.15, 0.2) is 5.78 Å². The van der Waals surface area contributed by atoms with Gasteiger partial charge < -0.3 is 36.0 Å². The number of nitrogens with zero attached hydrogens (tertiary/aromatic N) is 2. The second-order valence-corrected chi connectivity index (χ2v) is 26.4. The van der Waals surface area contributed by atoms with E-state index in [1.54, 1.807) is 6.92 Å². The molecule has 2 aliphatic heterocycles. The first kappa shape index (κ1) is 76.3. The van der Waals surface area contributed by atoms with Gasteiger partial charge in [0.25, 0.3) is 5.91 Å². The number of amides is 4. The van der Waals surface area contributed by atoms with Gasteiger partial charge in [-0.15, -0.1) is 0 Å². The predicted molar refractivity (Wildman–Crippen MR) is 378 cm³/mol. The molecular formula is C77H120N8O7. The summed E-state index contributed by atoms with van der Waals surface area (Å²) in [4.78, 5) is 99.1. The summed E-state index contributed by atoms with van der Waals surface area (Å²) in [5.41, 5.74) is 8.28. The number of allylic oxidation sites excluding steroid dienone is 4. The molecule has 0 unspecified atom stereocenters. The first-order valence-corrected chi connectivity index (χ1v) is 36.4. The van der Waals surface area contributed by atoms with Crippen molar-refractivity contribution in [3.8, 4) is 0 Å². The summed E-state index contributed by atoms with van der Waals surface area (Å²) in [6, 6.07) is 5.96. The maximum atomic E-state index is 14.8. The minimum Gasteiger partial charge on any atom is -0.469 e. The molecule has 92 heavy (non-hydrogen) atoms. The van der Waals surface area contributed by atoms with Crippen molar-refractivity contribution in [1.29, 1.82) is 0 Å². The number of carbonyl (C=O) groups is 6. The Balaban J connectivity index is 1.27. The van der Waals surface area contributed by atoms with Crippen LogP contribution in [0.15, 0.2) is 42.5 Å². The summed E-state index contributed by atoms with van der Waals surface area (Å²) in [6.45, 7) is 17.8. The lowest BCUT2D eigenvalue weighted by Crippen LogP contribution is -2.30. The third kappa shape index (κ3) is 25.8. The van der Waals surface area contributed by atoms with E-state index in [4.69, 9.17) is 14.7 Å². The zero-order valence-corrected chi connectivity index (χ0v) is 58.5. The van der Waals surface area contributed by atoms with E-state index >= 15 is 0 Å². The third-order valence-electron chi connectivity index (χ3n) is 19.0. The van der Waals surface area contributed by atoms with E-state index in [0.29, 0.717) is 108 Å². The molecule has 2 aliphatic rings. The van der Waals surface area contributed by atoms with Gasteiger partial charge in [0, 0.05) is 108 Å². The van der Waals surface area contributed by atoms with Crippen molar-refractivity contribution < 1.29 is 33.5 Å². The molecular weight excluding hydrogens is 1150 g/mol. The number of H-pyrrole nitrogens is 2. The fourth-order valence-electron chi connectivity index (χ4n) is 13.3. The number of aromatic amines is 2. The molecule has 5 heterocycles. The normalized spacial score (nSPS) is 15.5. The number of aromatic nitrogens is 4. The highest BCUT2D eigenvalue weighted by Gasteiger charge is 2.35. The maximum absolute atomic E-state index is 14.8. The van der Waals surface area contributed by atoms with E-state index in [1.807, 2.05) is 32.0 Å². The van der Waals surface area contributed by atoms with Crippen LogP contribution in [0.3, 0.4) is 0 Å². The van der Waals surface area contributed by atoms with Crippen LogP contribution in [-0.4, -0.2) is 88.6 Å². The summed E-state index contributed by atoms with van der Waals surface area (Å²) in [6.07, 6.45) is 43.9. The number of ketones is 1. The molecule has 510 valence electrons. The molecule has 8 bridgehead atoms. The van der Waals surface area contributed by atoms with E-state index in [2.05, 4.69) is 90.2 Å². The Bertz CT molecular complexity index is 3010. The minimum absolute atomic E-state index is 0.0146. The second kappa shape index (κ2) is 43.5. The van der Waals surface area contributed by atoms with Crippen LogP contribution in [0.2, 0.25) is 0 Å². The molecule has 4 atom stereocenters. The van der Waals surface area contributed by atoms with Crippen LogP contribution in [0, 0.1) is 13.8 Å². The average Bonchev–Trinajstić information content (AvgIpc) is 1.61. The van der Waals surface area contributed by atoms with Gasteiger partial charge in [0.2, 0.25) is 17.7 Å². The van der Waals surface area contributed by atoms with Crippen LogP contribution in [-0.2, 0) is 30.3 Å². The lowest BCUT2D eigenvalue weighted by Gasteiger charge is -2.18. The standard InChI is InChI=1S/C77H120N8O7/c1-10-13-15-17-19-21-23-25-27-29-31-33-35-37-39-43-69(87)78-47-41-48-80-71(89)46-45-61-56(5)64-52-65-57(6)73(59(8)86)68(83-65)54-63-55(4)60(12-3)67(82-63)53-66-58(7)74(76(85-66)62(75(61)84-64)51-72(90)92-9)77(91)81-50-42-49-79-70(88)44-40-38-36-34-32-30-28-26-24-22-20-18-16-14-11-2/h25-28,52-56,60-61,83,85H,10-24,29-51H2,1-9H3,(H,78,87)(H,79,88)(H,80,89)(H,81,91)/b27-25-,28-26-,63-54?,64-52?,65-52?,66-53?,67-53?,68-54?,75-62?,76-62?/t55-,56+,60-,61+/m1/s1. The molecule has 0 aromatic carbocycles. The van der Waals surface area contributed by atoms with Crippen molar-refractivity contribution in [2.45, 2.75) is 297 Å². The Morgan fingerprint density at radius 1 is 0.489 bits per heavy atom. The summed E-state index contributed by atoms with van der Waals surface area (Å²) in [5.74, 6) is -1.62. The molecule has 3 aromatic rings. The first-order valence-electron chi connectivity index (χ1n) is 36.4. The Morgan fingerprint density at radius 2 is 0.913 bits per heavy atom. The average molecular weight is 1270 g/mol. The fraction of sp³-hybridized carbons (Fsp3) is 0.662. The largest absolute Gasteiger partial charge is 0.469 e. The maximum Gasteiger partial charge on any atom is 0.310 e. The minimum atomic E-state index is -0.522. The van der Waals surface area contributed by atoms with Gasteiger partial charge in [-0.2, -0.15) is 0 Å². The van der Waals surface area contributed by atoms with Crippen molar-refractivity contribution in [2.24, 2.45) is 0 Å². The van der Waals surface area contributed by atoms with Gasteiger partial charge in [-0.3, -0.25) is 38.7 Å². The molecule has 6 N–H and O–H groups in total. The highest BCUT2D eigenvalue weighted by atomic mass is 16.5. The number of Topliss-reactive ketones (excluding diaryl/α,β-unsaturated/α-hetero) is 1. The monoisotopic (exact) mass is 1270 g/mol. The quantitative estimate of drug-likeness (QED) is 0.0137. The summed E-state index contributed by atoms with van der Waals surface area (Å²) in [5, 5.41) is 12.3. The van der Waals surface area contributed by atoms with Crippen LogP contribution in [0.5, 0.6) is 0 Å². The van der Waals surface area contributed by atoms with Crippen LogP contribution >= 0.6 is 0 Å². The molecule has 15 heteroatoms. The number of nitrogens with one attached hydrogen (secondary N) is 6. The van der Waals surface area contributed by atoms with Gasteiger partial charge in [-0.05, 0) is 140 Å². The number of hydrogen-bond acceptors (Lipinski definition) is 9. The molecule has 4 amide bonds. The molecule has 0 spiro atoms. The van der Waals surface area contributed by atoms with Gasteiger partial charge >= 0.3 is 5.97 Å². The first-order chi connectivity index (χ1) is 44.6. The van der Waals surface area contributed by atoms with E-state index in [0.717, 1.165) is 80.3 Å². The smallest absolute Gasteiger partial charge is 0.310 e. The van der Waals surface area contributed by atoms with Crippen molar-refractivity contribution in [1.82, 2.24) is 41.2 Å². The van der Waals surface area contributed by atoms with E-state index in [-0.39, 0.29) is 65.9 Å². The van der Waals surface area contributed by atoms with Crippen molar-refractivity contribution in [3.63, 3.8) is 0 Å². The number of aryl methyl sites for hydroxylation is 2. The fourth-order valence-corrected chi connectivity index (χ4v) is 13.3. The Kier molecular flexibility index (Phi) is 36.1. The lowest BCUT2D eigenvalue weighted by atomic mass is 9.85. The number of unbranched alkanes of at least 4 members (excludes halogenated alkanes) is 22. The molecule has 3 aromatic heterocycles. The van der Waals surface area contributed by atoms with Crippen molar-refractivity contribution in [3.05, 3.63) is 93.1 Å². The van der Waals surface area contributed by atoms with Crippen LogP contribution < -0.4 is 21.3 Å². The van der Waals surface area contributed by atoms with E-state index < -0.39 is 5.97 Å².